The summed E-state index contributed by atoms with van der Waals surface area (Å²) in [6.07, 6.45) is 1.26. The minimum atomic E-state index is -4.41. The molecule has 1 aromatic heterocycles. The van der Waals surface area contributed by atoms with Gasteiger partial charge in [-0.25, -0.2) is 9.67 Å². The zero-order chi connectivity index (χ0) is 20.0. The van der Waals surface area contributed by atoms with Crippen molar-refractivity contribution < 1.29 is 18.0 Å². The predicted molar refractivity (Wildman–Crippen MR) is 97.9 cm³/mol. The summed E-state index contributed by atoms with van der Waals surface area (Å²) in [6, 6.07) is 12.4. The molecule has 2 aromatic carbocycles. The number of halogens is 3. The van der Waals surface area contributed by atoms with Crippen LogP contribution in [0.1, 0.15) is 22.3 Å². The average molecular weight is 386 g/mol. The minimum absolute atomic E-state index is 0.308. The van der Waals surface area contributed by atoms with Gasteiger partial charge < -0.3 is 5.32 Å². The minimum Gasteiger partial charge on any atom is -0.348 e. The van der Waals surface area contributed by atoms with Crippen LogP contribution in [-0.4, -0.2) is 20.7 Å². The van der Waals surface area contributed by atoms with Crippen molar-refractivity contribution in [2.24, 2.45) is 0 Å². The molecule has 0 saturated carbocycles. The van der Waals surface area contributed by atoms with Crippen LogP contribution in [0.2, 0.25) is 0 Å². The van der Waals surface area contributed by atoms with E-state index in [9.17, 15) is 18.0 Å². The SMILES string of the molecule is O=C(/C=C/c1cccc(C(F)(F)F)c1)NCc1ccc(Cn2cncn2)cc1. The Morgan fingerprint density at radius 2 is 1.86 bits per heavy atom. The van der Waals surface area contributed by atoms with Crippen LogP contribution in [0.15, 0.2) is 67.3 Å². The molecule has 0 aliphatic carbocycles. The van der Waals surface area contributed by atoms with Gasteiger partial charge >= 0.3 is 6.18 Å². The van der Waals surface area contributed by atoms with Gasteiger partial charge in [-0.3, -0.25) is 4.79 Å². The van der Waals surface area contributed by atoms with Gasteiger partial charge in [0.05, 0.1) is 12.1 Å². The topological polar surface area (TPSA) is 59.8 Å². The molecule has 8 heteroatoms. The molecule has 0 fully saturated rings. The number of hydrogen-bond donors (Lipinski definition) is 1. The number of alkyl halides is 3. The molecule has 0 aliphatic heterocycles. The first-order chi connectivity index (χ1) is 13.4. The maximum Gasteiger partial charge on any atom is 0.416 e. The Kier molecular flexibility index (Phi) is 5.88. The molecular formula is C20H17F3N4O. The zero-order valence-electron chi connectivity index (χ0n) is 14.7. The number of carbonyl (C=O) groups is 1. The Balaban J connectivity index is 1.52. The van der Waals surface area contributed by atoms with Crippen LogP contribution in [0.25, 0.3) is 6.08 Å². The summed E-state index contributed by atoms with van der Waals surface area (Å²) in [5.41, 5.74) is 1.51. The number of hydrogen-bond acceptors (Lipinski definition) is 3. The summed E-state index contributed by atoms with van der Waals surface area (Å²) < 4.78 is 39.8. The number of aromatic nitrogens is 3. The predicted octanol–water partition coefficient (Wildman–Crippen LogP) is 3.67. The Hall–Kier alpha value is -3.42. The molecule has 1 heterocycles. The van der Waals surface area contributed by atoms with Crippen molar-refractivity contribution in [1.82, 2.24) is 20.1 Å². The standard InChI is InChI=1S/C20H17F3N4O/c21-20(22,23)18-3-1-2-15(10-18)8-9-19(28)25-11-16-4-6-17(7-5-16)12-27-14-24-13-26-27/h1-10,13-14H,11-12H2,(H,25,28)/b9-8+. The molecule has 28 heavy (non-hydrogen) atoms. The lowest BCUT2D eigenvalue weighted by Crippen LogP contribution is -2.20. The second-order valence-electron chi connectivity index (χ2n) is 6.08. The van der Waals surface area contributed by atoms with Crippen molar-refractivity contribution in [3.05, 3.63) is 89.5 Å². The third-order valence-corrected chi connectivity index (χ3v) is 3.94. The van der Waals surface area contributed by atoms with Crippen LogP contribution in [0.4, 0.5) is 13.2 Å². The van der Waals surface area contributed by atoms with E-state index >= 15 is 0 Å². The number of carbonyl (C=O) groups excluding carboxylic acids is 1. The van der Waals surface area contributed by atoms with Crippen molar-refractivity contribution in [3.63, 3.8) is 0 Å². The van der Waals surface area contributed by atoms with E-state index in [1.54, 1.807) is 11.0 Å². The van der Waals surface area contributed by atoms with E-state index in [2.05, 4.69) is 15.4 Å². The smallest absolute Gasteiger partial charge is 0.348 e. The van der Waals surface area contributed by atoms with Crippen LogP contribution < -0.4 is 5.32 Å². The summed E-state index contributed by atoms with van der Waals surface area (Å²) in [6.45, 7) is 0.918. The molecule has 5 nitrogen and oxygen atoms in total. The Morgan fingerprint density at radius 1 is 1.11 bits per heavy atom. The van der Waals surface area contributed by atoms with Crippen LogP contribution in [-0.2, 0) is 24.1 Å². The third kappa shape index (κ3) is 5.54. The number of benzene rings is 2. The summed E-state index contributed by atoms with van der Waals surface area (Å²) in [5.74, 6) is -0.385. The molecule has 3 rings (SSSR count). The van der Waals surface area contributed by atoms with E-state index in [4.69, 9.17) is 0 Å². The molecule has 0 aliphatic rings. The lowest BCUT2D eigenvalue weighted by Gasteiger charge is -2.07. The van der Waals surface area contributed by atoms with Gasteiger partial charge in [-0.15, -0.1) is 0 Å². The first-order valence-electron chi connectivity index (χ1n) is 8.43. The van der Waals surface area contributed by atoms with Crippen molar-refractivity contribution in [3.8, 4) is 0 Å². The number of rotatable bonds is 6. The van der Waals surface area contributed by atoms with E-state index in [0.29, 0.717) is 18.7 Å². The fraction of sp³-hybridized carbons (Fsp3) is 0.150. The van der Waals surface area contributed by atoms with Gasteiger partial charge in [0.25, 0.3) is 0 Å². The van der Waals surface area contributed by atoms with E-state index in [1.165, 1.54) is 30.6 Å². The summed E-state index contributed by atoms with van der Waals surface area (Å²) in [7, 11) is 0. The first-order valence-corrected chi connectivity index (χ1v) is 8.43. The Bertz CT molecular complexity index is 948. The van der Waals surface area contributed by atoms with E-state index in [1.807, 2.05) is 24.3 Å². The lowest BCUT2D eigenvalue weighted by molar-refractivity contribution is -0.137. The Labute approximate surface area is 159 Å². The molecule has 144 valence electrons. The fourth-order valence-corrected chi connectivity index (χ4v) is 2.50. The van der Waals surface area contributed by atoms with E-state index in [-0.39, 0.29) is 5.91 Å². The number of nitrogens with zero attached hydrogens (tertiary/aromatic N) is 3. The summed E-state index contributed by atoms with van der Waals surface area (Å²) in [4.78, 5) is 15.8. The molecule has 1 N–H and O–H groups in total. The first kappa shape index (κ1) is 19.3. The Morgan fingerprint density at radius 3 is 2.54 bits per heavy atom. The van der Waals surface area contributed by atoms with Crippen LogP contribution >= 0.6 is 0 Å². The maximum atomic E-state index is 12.7. The monoisotopic (exact) mass is 386 g/mol. The van der Waals surface area contributed by atoms with Gasteiger partial charge in [-0.05, 0) is 34.9 Å². The lowest BCUT2D eigenvalue weighted by atomic mass is 10.1. The van der Waals surface area contributed by atoms with Crippen LogP contribution in [0.5, 0.6) is 0 Å². The molecule has 0 unspecified atom stereocenters. The molecular weight excluding hydrogens is 369 g/mol. The fourth-order valence-electron chi connectivity index (χ4n) is 2.50. The highest BCUT2D eigenvalue weighted by Gasteiger charge is 2.30. The van der Waals surface area contributed by atoms with Crippen molar-refractivity contribution in [2.75, 3.05) is 0 Å². The van der Waals surface area contributed by atoms with Gasteiger partial charge in [-0.2, -0.15) is 18.3 Å². The van der Waals surface area contributed by atoms with Crippen molar-refractivity contribution in [1.29, 1.82) is 0 Å². The molecule has 0 bridgehead atoms. The zero-order valence-corrected chi connectivity index (χ0v) is 14.7. The number of nitrogens with one attached hydrogen (secondary N) is 1. The second-order valence-corrected chi connectivity index (χ2v) is 6.08. The van der Waals surface area contributed by atoms with Crippen LogP contribution in [0, 0.1) is 0 Å². The van der Waals surface area contributed by atoms with Crippen molar-refractivity contribution in [2.45, 2.75) is 19.3 Å². The summed E-state index contributed by atoms with van der Waals surface area (Å²) in [5, 5.41) is 6.74. The molecule has 0 spiro atoms. The van der Waals surface area contributed by atoms with E-state index in [0.717, 1.165) is 23.3 Å². The van der Waals surface area contributed by atoms with Gasteiger partial charge in [0.1, 0.15) is 12.7 Å². The molecule has 0 saturated heterocycles. The molecule has 0 atom stereocenters. The largest absolute Gasteiger partial charge is 0.416 e. The quantitative estimate of drug-likeness (QED) is 0.658. The molecule has 3 aromatic rings. The van der Waals surface area contributed by atoms with E-state index < -0.39 is 11.7 Å². The van der Waals surface area contributed by atoms with Crippen LogP contribution in [0.3, 0.4) is 0 Å². The molecule has 1 amide bonds. The average Bonchev–Trinajstić information content (AvgIpc) is 3.18. The van der Waals surface area contributed by atoms with Crippen molar-refractivity contribution >= 4 is 12.0 Å². The van der Waals surface area contributed by atoms with Gasteiger partial charge in [0.15, 0.2) is 0 Å². The van der Waals surface area contributed by atoms with Gasteiger partial charge in [0.2, 0.25) is 5.91 Å². The third-order valence-electron chi connectivity index (χ3n) is 3.94. The van der Waals surface area contributed by atoms with Gasteiger partial charge in [-0.1, -0.05) is 36.4 Å². The normalized spacial score (nSPS) is 11.7. The van der Waals surface area contributed by atoms with Gasteiger partial charge in [0, 0.05) is 12.6 Å². The highest BCUT2D eigenvalue weighted by molar-refractivity contribution is 5.91. The second kappa shape index (κ2) is 8.51. The highest BCUT2D eigenvalue weighted by atomic mass is 19.4. The summed E-state index contributed by atoms with van der Waals surface area (Å²) >= 11 is 0. The molecule has 0 radical (unpaired) electrons. The highest BCUT2D eigenvalue weighted by Crippen LogP contribution is 2.29. The number of amides is 1. The maximum absolute atomic E-state index is 12.7.